The lowest BCUT2D eigenvalue weighted by Crippen LogP contribution is -2.02. The molecule has 92 valence electrons. The Morgan fingerprint density at radius 2 is 1.72 bits per heavy atom. The van der Waals surface area contributed by atoms with Gasteiger partial charge in [0.15, 0.2) is 0 Å². The van der Waals surface area contributed by atoms with Gasteiger partial charge in [-0.2, -0.15) is 0 Å². The molecule has 0 fully saturated rings. The van der Waals surface area contributed by atoms with Crippen LogP contribution >= 0.6 is 0 Å². The van der Waals surface area contributed by atoms with Gasteiger partial charge in [0.1, 0.15) is 17.4 Å². The zero-order valence-corrected chi connectivity index (χ0v) is 9.06. The molecule has 0 atom stereocenters. The fraction of sp³-hybridized carbons (Fsp3) is 0. The molecule has 3 nitrogen and oxygen atoms in total. The molecule has 0 unspecified atom stereocenters. The molecule has 0 aliphatic heterocycles. The number of hydrogen-bond acceptors (Lipinski definition) is 2. The second-order valence-electron chi connectivity index (χ2n) is 3.52. The highest BCUT2D eigenvalue weighted by Gasteiger charge is 2.07. The van der Waals surface area contributed by atoms with E-state index < -0.39 is 17.8 Å². The second-order valence-corrected chi connectivity index (χ2v) is 3.52. The minimum Gasteiger partial charge on any atom is -0.449 e. The van der Waals surface area contributed by atoms with Gasteiger partial charge in [-0.05, 0) is 29.8 Å². The molecule has 0 spiro atoms. The fourth-order valence-electron chi connectivity index (χ4n) is 1.53. The van der Waals surface area contributed by atoms with Crippen LogP contribution in [0.4, 0.5) is 13.6 Å². The van der Waals surface area contributed by atoms with E-state index in [0.717, 1.165) is 12.1 Å². The Labute approximate surface area is 101 Å². The molecule has 2 rings (SSSR count). The van der Waals surface area contributed by atoms with Gasteiger partial charge in [0.05, 0.1) is 0 Å². The third-order valence-corrected chi connectivity index (χ3v) is 2.30. The van der Waals surface area contributed by atoms with Crippen LogP contribution in [0.5, 0.6) is 5.75 Å². The molecule has 0 aromatic heterocycles. The molecule has 0 amide bonds. The Balaban J connectivity index is 2.31. The van der Waals surface area contributed by atoms with Gasteiger partial charge in [-0.15, -0.1) is 0 Å². The average molecular weight is 250 g/mol. The molecule has 2 aromatic rings. The largest absolute Gasteiger partial charge is 0.511 e. The number of benzene rings is 2. The van der Waals surface area contributed by atoms with E-state index in [1.54, 1.807) is 0 Å². The number of hydrogen-bond donors (Lipinski definition) is 1. The Morgan fingerprint density at radius 3 is 2.28 bits per heavy atom. The van der Waals surface area contributed by atoms with Crippen LogP contribution in [0.15, 0.2) is 42.5 Å². The van der Waals surface area contributed by atoms with Gasteiger partial charge in [-0.1, -0.05) is 12.1 Å². The first-order valence-electron chi connectivity index (χ1n) is 5.02. The van der Waals surface area contributed by atoms with Crippen LogP contribution < -0.4 is 4.74 Å². The van der Waals surface area contributed by atoms with Crippen LogP contribution in [-0.4, -0.2) is 11.3 Å². The molecular weight excluding hydrogens is 242 g/mol. The highest BCUT2D eigenvalue weighted by molar-refractivity contribution is 5.66. The second kappa shape index (κ2) is 4.83. The first-order valence-corrected chi connectivity index (χ1v) is 5.02. The highest BCUT2D eigenvalue weighted by atomic mass is 19.1. The molecule has 0 heterocycles. The fourth-order valence-corrected chi connectivity index (χ4v) is 1.53. The minimum atomic E-state index is -1.42. The summed E-state index contributed by atoms with van der Waals surface area (Å²) in [4.78, 5) is 10.3. The Kier molecular flexibility index (Phi) is 3.23. The first kappa shape index (κ1) is 12.0. The highest BCUT2D eigenvalue weighted by Crippen LogP contribution is 2.25. The van der Waals surface area contributed by atoms with Gasteiger partial charge >= 0.3 is 6.16 Å². The van der Waals surface area contributed by atoms with Crippen LogP contribution in [0.1, 0.15) is 0 Å². The summed E-state index contributed by atoms with van der Waals surface area (Å²) in [6.45, 7) is 0. The van der Waals surface area contributed by atoms with E-state index in [2.05, 4.69) is 4.74 Å². The maximum atomic E-state index is 13.5. The summed E-state index contributed by atoms with van der Waals surface area (Å²) >= 11 is 0. The van der Waals surface area contributed by atoms with Crippen molar-refractivity contribution in [2.24, 2.45) is 0 Å². The third-order valence-electron chi connectivity index (χ3n) is 2.30. The van der Waals surface area contributed by atoms with Crippen LogP contribution in [0.2, 0.25) is 0 Å². The third kappa shape index (κ3) is 2.63. The van der Waals surface area contributed by atoms with E-state index in [9.17, 15) is 13.6 Å². The summed E-state index contributed by atoms with van der Waals surface area (Å²) < 4.78 is 30.6. The summed E-state index contributed by atoms with van der Waals surface area (Å²) in [7, 11) is 0. The number of carbonyl (C=O) groups is 1. The molecule has 0 saturated heterocycles. The predicted octanol–water partition coefficient (Wildman–Crippen LogP) is 3.69. The molecule has 0 aliphatic carbocycles. The van der Waals surface area contributed by atoms with E-state index in [1.807, 2.05) is 0 Å². The van der Waals surface area contributed by atoms with Crippen LogP contribution in [0.3, 0.4) is 0 Å². The molecule has 0 aliphatic rings. The maximum Gasteiger partial charge on any atom is 0.511 e. The Hall–Kier alpha value is -2.43. The lowest BCUT2D eigenvalue weighted by atomic mass is 10.1. The van der Waals surface area contributed by atoms with E-state index in [-0.39, 0.29) is 11.3 Å². The summed E-state index contributed by atoms with van der Waals surface area (Å²) in [6.07, 6.45) is -1.42. The molecule has 0 bridgehead atoms. The van der Waals surface area contributed by atoms with Crippen LogP contribution in [-0.2, 0) is 0 Å². The zero-order chi connectivity index (χ0) is 13.1. The molecule has 5 heteroatoms. The van der Waals surface area contributed by atoms with Gasteiger partial charge in [0, 0.05) is 11.6 Å². The van der Waals surface area contributed by atoms with Crippen molar-refractivity contribution in [2.45, 2.75) is 0 Å². The van der Waals surface area contributed by atoms with E-state index in [0.29, 0.717) is 5.56 Å². The number of carboxylic acid groups (broad SMARTS) is 1. The van der Waals surface area contributed by atoms with Crippen molar-refractivity contribution in [3.05, 3.63) is 54.1 Å². The first-order chi connectivity index (χ1) is 8.56. The predicted molar refractivity (Wildman–Crippen MR) is 60.4 cm³/mol. The standard InChI is InChI=1S/C13H8F2O3/c14-9-3-6-11(12(15)7-9)8-1-4-10(5-2-8)18-13(16)17/h1-7H,(H,16,17). The molecule has 2 aromatic carbocycles. The average Bonchev–Trinajstić information content (AvgIpc) is 2.30. The molecule has 0 radical (unpaired) electrons. The minimum absolute atomic E-state index is 0.133. The number of halogens is 2. The normalized spacial score (nSPS) is 10.1. The van der Waals surface area contributed by atoms with Crippen LogP contribution in [0, 0.1) is 11.6 Å². The van der Waals surface area contributed by atoms with Crippen molar-refractivity contribution in [1.82, 2.24) is 0 Å². The quantitative estimate of drug-likeness (QED) is 0.653. The van der Waals surface area contributed by atoms with Gasteiger partial charge in [-0.3, -0.25) is 0 Å². The van der Waals surface area contributed by atoms with Gasteiger partial charge in [0.25, 0.3) is 0 Å². The van der Waals surface area contributed by atoms with Crippen molar-refractivity contribution in [1.29, 1.82) is 0 Å². The van der Waals surface area contributed by atoms with Crippen LogP contribution in [0.25, 0.3) is 11.1 Å². The molecule has 18 heavy (non-hydrogen) atoms. The van der Waals surface area contributed by atoms with E-state index in [1.165, 1.54) is 30.3 Å². The zero-order valence-electron chi connectivity index (χ0n) is 9.06. The maximum absolute atomic E-state index is 13.5. The Bertz CT molecular complexity index is 579. The molecule has 0 saturated carbocycles. The van der Waals surface area contributed by atoms with E-state index >= 15 is 0 Å². The van der Waals surface area contributed by atoms with E-state index in [4.69, 9.17) is 5.11 Å². The topological polar surface area (TPSA) is 46.5 Å². The van der Waals surface area contributed by atoms with Crippen molar-refractivity contribution in [3.63, 3.8) is 0 Å². The number of rotatable bonds is 2. The lowest BCUT2D eigenvalue weighted by molar-refractivity contribution is 0.144. The van der Waals surface area contributed by atoms with Gasteiger partial charge in [0.2, 0.25) is 0 Å². The Morgan fingerprint density at radius 1 is 1.06 bits per heavy atom. The summed E-state index contributed by atoms with van der Waals surface area (Å²) in [6, 6.07) is 9.04. The summed E-state index contributed by atoms with van der Waals surface area (Å²) in [5.41, 5.74) is 0.739. The number of ether oxygens (including phenoxy) is 1. The monoisotopic (exact) mass is 250 g/mol. The molecular formula is C13H8F2O3. The van der Waals surface area contributed by atoms with Gasteiger partial charge < -0.3 is 9.84 Å². The van der Waals surface area contributed by atoms with Crippen molar-refractivity contribution in [3.8, 4) is 16.9 Å². The smallest absolute Gasteiger partial charge is 0.449 e. The molecule has 1 N–H and O–H groups in total. The van der Waals surface area contributed by atoms with Crippen molar-refractivity contribution < 1.29 is 23.4 Å². The van der Waals surface area contributed by atoms with Gasteiger partial charge in [-0.25, -0.2) is 13.6 Å². The summed E-state index contributed by atoms with van der Waals surface area (Å²) in [5.74, 6) is -1.20. The van der Waals surface area contributed by atoms with Crippen molar-refractivity contribution in [2.75, 3.05) is 0 Å². The summed E-state index contributed by atoms with van der Waals surface area (Å²) in [5, 5.41) is 8.40. The van der Waals surface area contributed by atoms with Crippen molar-refractivity contribution >= 4 is 6.16 Å². The lowest BCUT2D eigenvalue weighted by Gasteiger charge is -2.05. The SMILES string of the molecule is O=C(O)Oc1ccc(-c2ccc(F)cc2F)cc1.